The van der Waals surface area contributed by atoms with Crippen LogP contribution in [0.2, 0.25) is 0 Å². The third kappa shape index (κ3) is 7.76. The van der Waals surface area contributed by atoms with Crippen LogP contribution in [0.3, 0.4) is 0 Å². The summed E-state index contributed by atoms with van der Waals surface area (Å²) in [5, 5.41) is 14.8. The first-order valence-corrected chi connectivity index (χ1v) is 25.3. The number of hydroxylamine groups is 2. The Morgan fingerprint density at radius 3 is 2.36 bits per heavy atom. The molecule has 2 amide bonds. The van der Waals surface area contributed by atoms with Crippen LogP contribution in [0.4, 0.5) is 0 Å². The van der Waals surface area contributed by atoms with Gasteiger partial charge in [-0.25, -0.2) is 0 Å². The molecule has 14 heteroatoms. The molecule has 12 atom stereocenters. The molecule has 10 aliphatic rings. The second-order valence-electron chi connectivity index (χ2n) is 23.7. The fraction of sp³-hybridized carbons (Fsp3) is 0.769. The number of fused-ring (bicyclic) bond motifs is 6. The molecule has 1 aromatic rings. The van der Waals surface area contributed by atoms with Crippen molar-refractivity contribution < 1.29 is 52.8 Å². The Balaban J connectivity index is 0.857. The summed E-state index contributed by atoms with van der Waals surface area (Å²) in [6.45, 7) is 12.7. The topological polar surface area (TPSA) is 166 Å². The summed E-state index contributed by atoms with van der Waals surface area (Å²) in [5.41, 5.74) is 1.89. The summed E-state index contributed by atoms with van der Waals surface area (Å²) in [6, 6.07) is 5.85. The molecule has 0 aromatic heterocycles. The van der Waals surface area contributed by atoms with Crippen molar-refractivity contribution in [1.29, 1.82) is 0 Å². The number of allylic oxidation sites excluding steroid dienone is 1. The summed E-state index contributed by atoms with van der Waals surface area (Å²) in [4.78, 5) is 65.4. The summed E-state index contributed by atoms with van der Waals surface area (Å²) in [7, 11) is 0. The van der Waals surface area contributed by atoms with Crippen LogP contribution in [0.5, 0.6) is 0 Å². The van der Waals surface area contributed by atoms with E-state index in [9.17, 15) is 19.5 Å². The first-order chi connectivity index (χ1) is 31.4. The van der Waals surface area contributed by atoms with Crippen LogP contribution in [0.25, 0.3) is 6.08 Å². The predicted molar refractivity (Wildman–Crippen MR) is 239 cm³/mol. The van der Waals surface area contributed by atoms with Crippen molar-refractivity contribution in [2.75, 3.05) is 13.2 Å². The van der Waals surface area contributed by atoms with Crippen molar-refractivity contribution in [2.24, 2.45) is 34.5 Å². The van der Waals surface area contributed by atoms with E-state index in [0.717, 1.165) is 56.1 Å². The number of carbonyl (C=O) groups is 4. The highest BCUT2D eigenvalue weighted by atomic mass is 16.8. The van der Waals surface area contributed by atoms with Gasteiger partial charge in [0.2, 0.25) is 11.8 Å². The van der Waals surface area contributed by atoms with Crippen LogP contribution >= 0.6 is 0 Å². The summed E-state index contributed by atoms with van der Waals surface area (Å²) >= 11 is 0. The molecule has 5 aliphatic carbocycles. The van der Waals surface area contributed by atoms with E-state index in [2.05, 4.69) is 56.4 Å². The van der Waals surface area contributed by atoms with Crippen LogP contribution < -0.4 is 5.32 Å². The zero-order valence-corrected chi connectivity index (χ0v) is 39.8. The van der Waals surface area contributed by atoms with Crippen molar-refractivity contribution in [3.05, 3.63) is 41.0 Å². The number of nitrogens with one attached hydrogen (secondary N) is 1. The SMILES string of the molecule is CC(C)(C)OC(=O)CCC(CO)NC(=O)C1CCCN1C(=O)C12CC3OC(=O)C1N(Cc1ccc(C=C4CCC5OC5(C)CCC5C4CC5(C)C)cc1)OC2C1OC(C2CC2)(C2CC2)OC31. The van der Waals surface area contributed by atoms with E-state index >= 15 is 4.79 Å². The highest BCUT2D eigenvalue weighted by molar-refractivity contribution is 5.96. The third-order valence-corrected chi connectivity index (χ3v) is 17.4. The summed E-state index contributed by atoms with van der Waals surface area (Å²) < 4.78 is 32.0. The van der Waals surface area contributed by atoms with Crippen LogP contribution in [0.1, 0.15) is 143 Å². The zero-order chi connectivity index (χ0) is 46.1. The van der Waals surface area contributed by atoms with Crippen molar-refractivity contribution >= 4 is 29.8 Å². The smallest absolute Gasteiger partial charge is 0.327 e. The van der Waals surface area contributed by atoms with Crippen molar-refractivity contribution in [2.45, 2.75) is 204 Å². The number of ether oxygens (including phenoxy) is 5. The predicted octanol–water partition coefficient (Wildman–Crippen LogP) is 6.15. The molecule has 5 saturated carbocycles. The second-order valence-corrected chi connectivity index (χ2v) is 23.7. The second kappa shape index (κ2) is 16.1. The van der Waals surface area contributed by atoms with Gasteiger partial charge in [0.05, 0.1) is 30.9 Å². The fourth-order valence-corrected chi connectivity index (χ4v) is 13.7. The monoisotopic (exact) mass is 914 g/mol. The first kappa shape index (κ1) is 45.1. The lowest BCUT2D eigenvalue weighted by atomic mass is 9.52. The summed E-state index contributed by atoms with van der Waals surface area (Å²) in [5.74, 6) is -0.735. The number of carbonyl (C=O) groups excluding carboxylic acids is 4. The Kier molecular flexibility index (Phi) is 11.0. The number of hydrogen-bond acceptors (Lipinski definition) is 12. The normalized spacial score (nSPS) is 39.6. The van der Waals surface area contributed by atoms with Gasteiger partial charge in [0.1, 0.15) is 41.5 Å². The molecule has 66 heavy (non-hydrogen) atoms. The lowest BCUT2D eigenvalue weighted by Gasteiger charge is -2.53. The molecule has 0 radical (unpaired) electrons. The quantitative estimate of drug-likeness (QED) is 0.182. The maximum absolute atomic E-state index is 15.6. The molecule has 14 nitrogen and oxygen atoms in total. The largest absolute Gasteiger partial charge is 0.460 e. The lowest BCUT2D eigenvalue weighted by molar-refractivity contribution is -0.235. The van der Waals surface area contributed by atoms with Gasteiger partial charge in [-0.2, -0.15) is 5.06 Å². The van der Waals surface area contributed by atoms with Crippen LogP contribution in [-0.2, 0) is 54.2 Å². The Labute approximate surface area is 389 Å². The fourth-order valence-electron chi connectivity index (χ4n) is 13.7. The minimum absolute atomic E-state index is 0.0166. The molecule has 5 heterocycles. The average Bonchev–Trinajstić information content (AvgIpc) is 4.23. The maximum Gasteiger partial charge on any atom is 0.327 e. The van der Waals surface area contributed by atoms with Gasteiger partial charge in [0.15, 0.2) is 11.8 Å². The minimum Gasteiger partial charge on any atom is -0.460 e. The van der Waals surface area contributed by atoms with Gasteiger partial charge in [0.25, 0.3) is 0 Å². The molecule has 1 aromatic carbocycles. The van der Waals surface area contributed by atoms with Gasteiger partial charge in [-0.1, -0.05) is 49.8 Å². The maximum atomic E-state index is 15.6. The number of rotatable bonds is 12. The highest BCUT2D eigenvalue weighted by Crippen LogP contribution is 2.65. The van der Waals surface area contributed by atoms with E-state index in [0.29, 0.717) is 42.7 Å². The van der Waals surface area contributed by atoms with Crippen molar-refractivity contribution in [3.63, 3.8) is 0 Å². The van der Waals surface area contributed by atoms with E-state index in [-0.39, 0.29) is 55.8 Å². The Hall–Kier alpha value is -3.40. The third-order valence-electron chi connectivity index (χ3n) is 17.4. The number of epoxide rings is 1. The number of benzene rings is 1. The Morgan fingerprint density at radius 2 is 1.68 bits per heavy atom. The molecule has 2 bridgehead atoms. The van der Waals surface area contributed by atoms with Crippen molar-refractivity contribution in [1.82, 2.24) is 15.3 Å². The van der Waals surface area contributed by atoms with Crippen molar-refractivity contribution in [3.8, 4) is 0 Å². The number of likely N-dealkylation sites (tertiary alicyclic amines) is 1. The first-order valence-electron chi connectivity index (χ1n) is 25.3. The van der Waals surface area contributed by atoms with Crippen LogP contribution in [0, 0.1) is 34.5 Å². The van der Waals surface area contributed by atoms with Gasteiger partial charge >= 0.3 is 11.9 Å². The number of esters is 2. The van der Waals surface area contributed by atoms with E-state index in [1.807, 2.05) is 0 Å². The lowest BCUT2D eigenvalue weighted by Crippen LogP contribution is -2.70. The van der Waals surface area contributed by atoms with Gasteiger partial charge in [0, 0.05) is 31.2 Å². The molecule has 11 rings (SSSR count). The Morgan fingerprint density at radius 1 is 0.955 bits per heavy atom. The van der Waals surface area contributed by atoms with Crippen LogP contribution in [0.15, 0.2) is 29.8 Å². The van der Waals surface area contributed by atoms with Gasteiger partial charge < -0.3 is 39.0 Å². The number of amides is 2. The molecule has 360 valence electrons. The molecule has 0 spiro atoms. The Bertz CT molecular complexity index is 2130. The number of aliphatic hydroxyl groups excluding tert-OH is 1. The van der Waals surface area contributed by atoms with E-state index in [1.165, 1.54) is 18.4 Å². The van der Waals surface area contributed by atoms with Gasteiger partial charge in [-0.3, -0.25) is 24.0 Å². The molecule has 10 fully saturated rings. The molecule has 5 aliphatic heterocycles. The van der Waals surface area contributed by atoms with Gasteiger partial charge in [-0.05, 0) is 133 Å². The average molecular weight is 914 g/mol. The van der Waals surface area contributed by atoms with E-state index < -0.39 is 77.2 Å². The van der Waals surface area contributed by atoms with Gasteiger partial charge in [-0.15, -0.1) is 0 Å². The highest BCUT2D eigenvalue weighted by Gasteiger charge is 2.79. The molecule has 5 saturated heterocycles. The summed E-state index contributed by atoms with van der Waals surface area (Å²) in [6.07, 6.45) is 11.0. The molecule has 2 N–H and O–H groups in total. The number of aliphatic hydroxyl groups is 1. The zero-order valence-electron chi connectivity index (χ0n) is 39.8. The molecular formula is C52H71N3O11. The van der Waals surface area contributed by atoms with E-state index in [1.54, 1.807) is 30.7 Å². The minimum atomic E-state index is -1.40. The number of hydrogen-bond donors (Lipinski definition) is 2. The molecule has 12 unspecified atom stereocenters. The molecular weight excluding hydrogens is 843 g/mol. The standard InChI is InChI=1S/C52H71N3O11/c1-48(2,3)63-40(57)20-18-34(28-56)53-45(58)37-8-7-23-54(37)47(60)51-26-38-41-42(65-52(64-41,32-14-15-32)33-16-17-33)44(51)66-55(43(51)46(59)61-38)27-30-11-9-29(10-12-30)24-31-13-19-39-50(6,62-39)22-21-36-35(31)25-49(36,4)5/h9-12,24,32-39,41-44,56H,7-8,13-23,25-28H2,1-6H3,(H,53,58). The van der Waals surface area contributed by atoms with E-state index in [4.69, 9.17) is 28.5 Å². The number of nitrogens with zero attached hydrogens (tertiary/aromatic N) is 2. The van der Waals surface area contributed by atoms with Crippen LogP contribution in [-0.4, -0.2) is 118 Å².